The normalized spacial score (nSPS) is 10.3. The zero-order valence-electron chi connectivity index (χ0n) is 11.5. The second kappa shape index (κ2) is 6.71. The second-order valence-corrected chi connectivity index (χ2v) is 4.57. The summed E-state index contributed by atoms with van der Waals surface area (Å²) in [5, 5.41) is 21.6. The maximum absolute atomic E-state index is 9.74. The van der Waals surface area contributed by atoms with Gasteiger partial charge in [0.2, 0.25) is 0 Å². The summed E-state index contributed by atoms with van der Waals surface area (Å²) >= 11 is 0. The molecule has 0 bridgehead atoms. The number of aliphatic hydroxyl groups excluding tert-OH is 1. The van der Waals surface area contributed by atoms with E-state index in [2.05, 4.69) is 5.32 Å². The van der Waals surface area contributed by atoms with Crippen LogP contribution in [0.2, 0.25) is 0 Å². The first-order valence-corrected chi connectivity index (χ1v) is 6.54. The highest BCUT2D eigenvalue weighted by molar-refractivity contribution is 5.62. The van der Waals surface area contributed by atoms with E-state index >= 15 is 0 Å². The first kappa shape index (κ1) is 14.8. The Morgan fingerprint density at radius 2 is 1.90 bits per heavy atom. The molecular weight excluding hydrogens is 270 g/mol. The number of phenolic OH excluding ortho intramolecular Hbond substituents is 1. The number of nitrogens with one attached hydrogen (secondary N) is 1. The highest BCUT2D eigenvalue weighted by Crippen LogP contribution is 2.26. The number of hydrogen-bond acceptors (Lipinski definition) is 6. The van der Waals surface area contributed by atoms with Crippen LogP contribution in [0, 0.1) is 0 Å². The number of aromatic hydroxyl groups is 1. The Labute approximate surface area is 123 Å². The molecule has 0 saturated heterocycles. The number of rotatable bonds is 6. The minimum atomic E-state index is -0.0614. The number of ether oxygens (including phenoxy) is 1. The molecule has 0 aliphatic heterocycles. The fourth-order valence-corrected chi connectivity index (χ4v) is 1.89. The third-order valence-corrected chi connectivity index (χ3v) is 2.95. The van der Waals surface area contributed by atoms with Crippen molar-refractivity contribution in [2.75, 3.05) is 30.0 Å². The van der Waals surface area contributed by atoms with Crippen molar-refractivity contribution in [3.8, 4) is 11.5 Å². The first-order chi connectivity index (χ1) is 10.1. The van der Waals surface area contributed by atoms with Crippen LogP contribution in [-0.4, -0.2) is 23.4 Å². The minimum absolute atomic E-state index is 0.0614. The predicted octanol–water partition coefficient (Wildman–Crippen LogP) is 1.54. The molecule has 0 saturated carbocycles. The van der Waals surface area contributed by atoms with Gasteiger partial charge in [0.15, 0.2) is 0 Å². The Hall–Kier alpha value is -2.60. The van der Waals surface area contributed by atoms with Crippen LogP contribution in [0.25, 0.3) is 0 Å². The van der Waals surface area contributed by atoms with E-state index in [9.17, 15) is 5.11 Å². The maximum atomic E-state index is 9.74. The Bertz CT molecular complexity index is 617. The number of nitrogens with two attached hydrogens (primary N) is 2. The molecule has 2 aromatic carbocycles. The summed E-state index contributed by atoms with van der Waals surface area (Å²) in [4.78, 5) is 0. The van der Waals surface area contributed by atoms with Crippen LogP contribution in [0.15, 0.2) is 36.4 Å². The van der Waals surface area contributed by atoms with Gasteiger partial charge in [-0.1, -0.05) is 0 Å². The third kappa shape index (κ3) is 3.93. The zero-order chi connectivity index (χ0) is 15.2. The van der Waals surface area contributed by atoms with Crippen molar-refractivity contribution in [2.45, 2.75) is 6.54 Å². The molecule has 0 unspecified atom stereocenters. The molecule has 112 valence electrons. The number of hydrogen-bond donors (Lipinski definition) is 5. The van der Waals surface area contributed by atoms with Gasteiger partial charge in [-0.3, -0.25) is 0 Å². The Morgan fingerprint density at radius 3 is 2.62 bits per heavy atom. The van der Waals surface area contributed by atoms with E-state index in [1.165, 1.54) is 0 Å². The number of aliphatic hydroxyl groups is 1. The third-order valence-electron chi connectivity index (χ3n) is 2.95. The van der Waals surface area contributed by atoms with Crippen molar-refractivity contribution < 1.29 is 14.9 Å². The number of anilines is 3. The van der Waals surface area contributed by atoms with E-state index in [1.807, 2.05) is 6.07 Å². The van der Waals surface area contributed by atoms with Crippen molar-refractivity contribution in [2.24, 2.45) is 0 Å². The molecule has 0 aliphatic carbocycles. The highest BCUT2D eigenvalue weighted by Gasteiger charge is 2.04. The standard InChI is InChI=1S/C15H19N3O3/c16-11-1-3-14(20)10(7-11)9-18-12-2-4-15(13(17)8-12)21-6-5-19/h1-4,7-8,18-20H,5-6,9,16-17H2. The summed E-state index contributed by atoms with van der Waals surface area (Å²) in [7, 11) is 0. The molecule has 0 amide bonds. The van der Waals surface area contributed by atoms with E-state index in [4.69, 9.17) is 21.3 Å². The minimum Gasteiger partial charge on any atom is -0.508 e. The van der Waals surface area contributed by atoms with E-state index in [0.29, 0.717) is 29.2 Å². The van der Waals surface area contributed by atoms with Crippen LogP contribution in [0.4, 0.5) is 17.1 Å². The van der Waals surface area contributed by atoms with E-state index < -0.39 is 0 Å². The molecule has 6 nitrogen and oxygen atoms in total. The molecule has 0 spiro atoms. The van der Waals surface area contributed by atoms with Crippen molar-refractivity contribution in [3.05, 3.63) is 42.0 Å². The van der Waals surface area contributed by atoms with Gasteiger partial charge in [0.25, 0.3) is 0 Å². The Balaban J connectivity index is 2.03. The van der Waals surface area contributed by atoms with Crippen LogP contribution in [0.3, 0.4) is 0 Å². The van der Waals surface area contributed by atoms with Gasteiger partial charge in [0.1, 0.15) is 18.1 Å². The van der Waals surface area contributed by atoms with Crippen molar-refractivity contribution in [1.82, 2.24) is 0 Å². The Morgan fingerprint density at radius 1 is 1.10 bits per heavy atom. The molecule has 2 rings (SSSR count). The summed E-state index contributed by atoms with van der Waals surface area (Å²) in [6.45, 7) is 0.565. The van der Waals surface area contributed by atoms with Crippen LogP contribution in [0.1, 0.15) is 5.56 Å². The molecule has 0 fully saturated rings. The summed E-state index contributed by atoms with van der Waals surface area (Å²) in [6.07, 6.45) is 0. The topological polar surface area (TPSA) is 114 Å². The quantitative estimate of drug-likeness (QED) is 0.407. The molecule has 0 aromatic heterocycles. The molecule has 7 N–H and O–H groups in total. The lowest BCUT2D eigenvalue weighted by atomic mass is 10.1. The summed E-state index contributed by atoms with van der Waals surface area (Å²) in [6, 6.07) is 10.2. The average Bonchev–Trinajstić information content (AvgIpc) is 2.47. The van der Waals surface area contributed by atoms with Gasteiger partial charge in [-0.15, -0.1) is 0 Å². The van der Waals surface area contributed by atoms with Crippen LogP contribution in [0.5, 0.6) is 11.5 Å². The van der Waals surface area contributed by atoms with Gasteiger partial charge in [-0.25, -0.2) is 0 Å². The molecule has 0 heterocycles. The summed E-state index contributed by atoms with van der Waals surface area (Å²) in [5.74, 6) is 0.717. The van der Waals surface area contributed by atoms with Gasteiger partial charge >= 0.3 is 0 Å². The highest BCUT2D eigenvalue weighted by atomic mass is 16.5. The second-order valence-electron chi connectivity index (χ2n) is 4.57. The number of phenols is 1. The van der Waals surface area contributed by atoms with Crippen molar-refractivity contribution in [1.29, 1.82) is 0 Å². The fraction of sp³-hybridized carbons (Fsp3) is 0.200. The predicted molar refractivity (Wildman–Crippen MR) is 83.3 cm³/mol. The molecule has 0 radical (unpaired) electrons. The van der Waals surface area contributed by atoms with Crippen LogP contribution >= 0.6 is 0 Å². The SMILES string of the molecule is Nc1ccc(O)c(CNc2ccc(OCCO)c(N)c2)c1. The summed E-state index contributed by atoms with van der Waals surface area (Å²) in [5.41, 5.74) is 14.1. The molecule has 21 heavy (non-hydrogen) atoms. The average molecular weight is 289 g/mol. The van der Waals surface area contributed by atoms with Gasteiger partial charge in [-0.2, -0.15) is 0 Å². The Kier molecular flexibility index (Phi) is 4.73. The molecule has 2 aromatic rings. The van der Waals surface area contributed by atoms with E-state index in [0.717, 1.165) is 5.69 Å². The van der Waals surface area contributed by atoms with Crippen molar-refractivity contribution >= 4 is 17.1 Å². The lowest BCUT2D eigenvalue weighted by molar-refractivity contribution is 0.202. The molecule has 0 atom stereocenters. The number of benzene rings is 2. The number of nitrogen functional groups attached to an aromatic ring is 2. The lowest BCUT2D eigenvalue weighted by Crippen LogP contribution is -2.05. The zero-order valence-corrected chi connectivity index (χ0v) is 11.5. The molecule has 0 aliphatic rings. The van der Waals surface area contributed by atoms with E-state index in [-0.39, 0.29) is 19.0 Å². The van der Waals surface area contributed by atoms with Crippen LogP contribution < -0.4 is 21.5 Å². The summed E-state index contributed by atoms with van der Waals surface area (Å²) < 4.78 is 5.28. The van der Waals surface area contributed by atoms with Gasteiger partial charge < -0.3 is 31.7 Å². The maximum Gasteiger partial charge on any atom is 0.142 e. The first-order valence-electron chi connectivity index (χ1n) is 6.54. The van der Waals surface area contributed by atoms with E-state index in [1.54, 1.807) is 30.3 Å². The largest absolute Gasteiger partial charge is 0.508 e. The van der Waals surface area contributed by atoms with Gasteiger partial charge in [0.05, 0.1) is 12.3 Å². The van der Waals surface area contributed by atoms with Gasteiger partial charge in [0, 0.05) is 23.5 Å². The lowest BCUT2D eigenvalue weighted by Gasteiger charge is -2.12. The van der Waals surface area contributed by atoms with Crippen molar-refractivity contribution in [3.63, 3.8) is 0 Å². The van der Waals surface area contributed by atoms with Gasteiger partial charge in [-0.05, 0) is 36.4 Å². The molecule has 6 heteroatoms. The smallest absolute Gasteiger partial charge is 0.142 e. The fourth-order valence-electron chi connectivity index (χ4n) is 1.89. The van der Waals surface area contributed by atoms with Crippen LogP contribution in [-0.2, 0) is 6.54 Å². The molecular formula is C15H19N3O3. The monoisotopic (exact) mass is 289 g/mol.